The van der Waals surface area contributed by atoms with E-state index in [9.17, 15) is 8.42 Å². The van der Waals surface area contributed by atoms with Gasteiger partial charge in [-0.3, -0.25) is 0 Å². The van der Waals surface area contributed by atoms with Gasteiger partial charge in [-0.2, -0.15) is 0 Å². The van der Waals surface area contributed by atoms with E-state index < -0.39 is 14.6 Å². The fraction of sp³-hybridized carbons (Fsp3) is 0.750. The summed E-state index contributed by atoms with van der Waals surface area (Å²) in [5.74, 6) is 1.35. The zero-order chi connectivity index (χ0) is 18.0. The molecule has 1 fully saturated rings. The van der Waals surface area contributed by atoms with Gasteiger partial charge in [-0.15, -0.1) is 11.3 Å². The first-order valence-electron chi connectivity index (χ1n) is 8.36. The Morgan fingerprint density at radius 1 is 1.50 bits per heavy atom. The Balaban J connectivity index is 2.13. The minimum atomic E-state index is -3.05. The van der Waals surface area contributed by atoms with Crippen LogP contribution in [-0.2, 0) is 16.4 Å². The third-order valence-corrected chi connectivity index (χ3v) is 7.86. The number of hydrogen-bond acceptors (Lipinski definition) is 5. The number of thiazole rings is 1. The molecule has 24 heavy (non-hydrogen) atoms. The zero-order valence-electron chi connectivity index (χ0n) is 15.2. The maximum absolute atomic E-state index is 12.2. The molecule has 1 aromatic heterocycles. The van der Waals surface area contributed by atoms with Crippen molar-refractivity contribution in [3.63, 3.8) is 0 Å². The van der Waals surface area contributed by atoms with Crippen molar-refractivity contribution in [2.45, 2.75) is 51.8 Å². The molecule has 1 N–H and O–H groups in total. The normalized spacial score (nSPS) is 20.4. The van der Waals surface area contributed by atoms with E-state index >= 15 is 0 Å². The predicted octanol–water partition coefficient (Wildman–Crippen LogP) is 2.24. The molecule has 0 amide bonds. The number of hydrogen-bond donors (Lipinski definition) is 1. The summed E-state index contributed by atoms with van der Waals surface area (Å²) in [6.45, 7) is 12.0. The number of aromatic nitrogens is 1. The largest absolute Gasteiger partial charge is 0.357 e. The first kappa shape index (κ1) is 19.2. The van der Waals surface area contributed by atoms with Crippen molar-refractivity contribution in [2.75, 3.05) is 25.4 Å². The fourth-order valence-electron chi connectivity index (χ4n) is 2.57. The van der Waals surface area contributed by atoms with Crippen LogP contribution in [0.2, 0.25) is 0 Å². The highest BCUT2D eigenvalue weighted by molar-refractivity contribution is 7.92. The average molecular weight is 373 g/mol. The van der Waals surface area contributed by atoms with Crippen LogP contribution in [0.15, 0.2) is 10.4 Å². The third-order valence-electron chi connectivity index (χ3n) is 4.13. The van der Waals surface area contributed by atoms with Gasteiger partial charge in [0.05, 0.1) is 27.7 Å². The number of sulfone groups is 1. The number of nitrogens with one attached hydrogen (secondary N) is 1. The Morgan fingerprint density at radius 2 is 2.21 bits per heavy atom. The van der Waals surface area contributed by atoms with Crippen molar-refractivity contribution in [3.8, 4) is 0 Å². The number of aliphatic imine (C=N–C) groups is 1. The average Bonchev–Trinajstić information content (AvgIpc) is 2.95. The molecule has 2 rings (SSSR count). The lowest BCUT2D eigenvalue weighted by molar-refractivity contribution is 0.353. The van der Waals surface area contributed by atoms with Gasteiger partial charge in [-0.25, -0.2) is 18.4 Å². The maximum Gasteiger partial charge on any atom is 0.194 e. The van der Waals surface area contributed by atoms with Crippen LogP contribution in [0.1, 0.15) is 51.2 Å². The van der Waals surface area contributed by atoms with E-state index in [0.29, 0.717) is 25.6 Å². The molecule has 0 unspecified atom stereocenters. The van der Waals surface area contributed by atoms with Gasteiger partial charge in [0.15, 0.2) is 15.8 Å². The van der Waals surface area contributed by atoms with Crippen LogP contribution in [-0.4, -0.2) is 54.4 Å². The van der Waals surface area contributed by atoms with Crippen LogP contribution in [0, 0.1) is 0 Å². The van der Waals surface area contributed by atoms with Crippen molar-refractivity contribution >= 4 is 27.1 Å². The summed E-state index contributed by atoms with van der Waals surface area (Å²) < 4.78 is 23.6. The highest BCUT2D eigenvalue weighted by Crippen LogP contribution is 2.24. The molecule has 8 heteroatoms. The van der Waals surface area contributed by atoms with Gasteiger partial charge >= 0.3 is 0 Å². The number of nitrogens with zero attached hydrogens (tertiary/aromatic N) is 3. The van der Waals surface area contributed by atoms with E-state index in [1.165, 1.54) is 0 Å². The van der Waals surface area contributed by atoms with Gasteiger partial charge in [-0.1, -0.05) is 13.8 Å². The fourth-order valence-corrected chi connectivity index (χ4v) is 4.76. The van der Waals surface area contributed by atoms with E-state index in [1.807, 2.05) is 17.2 Å². The first-order chi connectivity index (χ1) is 11.2. The van der Waals surface area contributed by atoms with Gasteiger partial charge in [0.1, 0.15) is 0 Å². The van der Waals surface area contributed by atoms with Crippen molar-refractivity contribution < 1.29 is 8.42 Å². The van der Waals surface area contributed by atoms with E-state index in [-0.39, 0.29) is 5.75 Å². The monoisotopic (exact) mass is 372 g/mol. The molecule has 2 heterocycles. The predicted molar refractivity (Wildman–Crippen MR) is 100 cm³/mol. The molecule has 0 saturated carbocycles. The number of rotatable bonds is 4. The highest BCUT2D eigenvalue weighted by Gasteiger charge is 2.40. The summed E-state index contributed by atoms with van der Waals surface area (Å²) in [6.07, 6.45) is 0. The molecule has 0 atom stereocenters. The second-order valence-electron chi connectivity index (χ2n) is 7.00. The molecule has 1 aromatic rings. The minimum Gasteiger partial charge on any atom is -0.357 e. The van der Waals surface area contributed by atoms with E-state index in [4.69, 9.17) is 0 Å². The lowest BCUT2D eigenvalue weighted by atomic mass is 10.2. The summed E-state index contributed by atoms with van der Waals surface area (Å²) in [4.78, 5) is 11.3. The summed E-state index contributed by atoms with van der Waals surface area (Å²) in [5, 5.41) is 6.44. The van der Waals surface area contributed by atoms with Crippen LogP contribution >= 0.6 is 11.3 Å². The van der Waals surface area contributed by atoms with E-state index in [1.54, 1.807) is 25.2 Å². The Labute approximate surface area is 149 Å². The SMILES string of the molecule is CCNC(=NCc1csc(C(C)C)n1)N1CCS(=O)(=O)C(C)(C)C1. The van der Waals surface area contributed by atoms with Gasteiger partial charge in [0.2, 0.25) is 0 Å². The second-order valence-corrected chi connectivity index (χ2v) is 10.6. The van der Waals surface area contributed by atoms with Gasteiger partial charge in [0, 0.05) is 30.9 Å². The quantitative estimate of drug-likeness (QED) is 0.648. The first-order valence-corrected chi connectivity index (χ1v) is 10.9. The van der Waals surface area contributed by atoms with Crippen molar-refractivity contribution in [2.24, 2.45) is 4.99 Å². The van der Waals surface area contributed by atoms with Crippen molar-refractivity contribution in [1.82, 2.24) is 15.2 Å². The Hall–Kier alpha value is -1.15. The molecule has 1 aliphatic rings. The molecule has 0 aromatic carbocycles. The summed E-state index contributed by atoms with van der Waals surface area (Å²) >= 11 is 1.66. The topological polar surface area (TPSA) is 74.7 Å². The number of guanidine groups is 1. The lowest BCUT2D eigenvalue weighted by Gasteiger charge is -2.39. The molecule has 0 aliphatic carbocycles. The van der Waals surface area contributed by atoms with Crippen molar-refractivity contribution in [3.05, 3.63) is 16.1 Å². The third kappa shape index (κ3) is 4.27. The summed E-state index contributed by atoms with van der Waals surface area (Å²) in [5.41, 5.74) is 0.961. The molecule has 136 valence electrons. The molecular weight excluding hydrogens is 344 g/mol. The molecule has 1 aliphatic heterocycles. The highest BCUT2D eigenvalue weighted by atomic mass is 32.2. The Morgan fingerprint density at radius 3 is 2.75 bits per heavy atom. The molecule has 6 nitrogen and oxygen atoms in total. The van der Waals surface area contributed by atoms with Crippen LogP contribution in [0.5, 0.6) is 0 Å². The Kier molecular flexibility index (Phi) is 5.91. The Bertz CT molecular complexity index is 693. The maximum atomic E-state index is 12.2. The molecule has 0 radical (unpaired) electrons. The van der Waals surface area contributed by atoms with Gasteiger partial charge in [0.25, 0.3) is 0 Å². The molecule has 0 spiro atoms. The smallest absolute Gasteiger partial charge is 0.194 e. The molecule has 0 bridgehead atoms. The van der Waals surface area contributed by atoms with Crippen LogP contribution < -0.4 is 5.32 Å². The molecule has 1 saturated heterocycles. The van der Waals surface area contributed by atoms with E-state index in [2.05, 4.69) is 29.1 Å². The lowest BCUT2D eigenvalue weighted by Crippen LogP contribution is -2.57. The summed E-state index contributed by atoms with van der Waals surface area (Å²) in [7, 11) is -3.05. The summed E-state index contributed by atoms with van der Waals surface area (Å²) in [6, 6.07) is 0. The molecular formula is C16H28N4O2S2. The van der Waals surface area contributed by atoms with E-state index in [0.717, 1.165) is 23.2 Å². The van der Waals surface area contributed by atoms with Crippen LogP contribution in [0.4, 0.5) is 0 Å². The van der Waals surface area contributed by atoms with Crippen LogP contribution in [0.3, 0.4) is 0 Å². The van der Waals surface area contributed by atoms with Gasteiger partial charge < -0.3 is 10.2 Å². The second kappa shape index (κ2) is 7.39. The zero-order valence-corrected chi connectivity index (χ0v) is 16.8. The minimum absolute atomic E-state index is 0.165. The van der Waals surface area contributed by atoms with Crippen molar-refractivity contribution in [1.29, 1.82) is 0 Å². The standard InChI is InChI=1S/C16H28N4O2S2/c1-6-17-15(18-9-13-10-23-14(19-13)12(2)3)20-7-8-24(21,22)16(4,5)11-20/h10,12H,6-9,11H2,1-5H3,(H,17,18). The van der Waals surface area contributed by atoms with Gasteiger partial charge in [-0.05, 0) is 20.8 Å². The van der Waals surface area contributed by atoms with Crippen LogP contribution in [0.25, 0.3) is 0 Å².